The van der Waals surface area contributed by atoms with Crippen molar-refractivity contribution in [3.63, 3.8) is 0 Å². The van der Waals surface area contributed by atoms with E-state index in [9.17, 15) is 9.59 Å². The molecule has 0 bridgehead atoms. The SMILES string of the molecule is CCCCOc1ccc(C(=O)Oc2ccc(C(=O)CC)cc2)cc1Br. The van der Waals surface area contributed by atoms with Crippen LogP contribution in [0.3, 0.4) is 0 Å². The van der Waals surface area contributed by atoms with E-state index in [0.29, 0.717) is 40.1 Å². The van der Waals surface area contributed by atoms with E-state index in [4.69, 9.17) is 9.47 Å². The number of halogens is 1. The minimum absolute atomic E-state index is 0.0560. The minimum Gasteiger partial charge on any atom is -0.492 e. The number of esters is 1. The quantitative estimate of drug-likeness (QED) is 0.254. The van der Waals surface area contributed by atoms with Gasteiger partial charge in [-0.15, -0.1) is 0 Å². The van der Waals surface area contributed by atoms with Crippen LogP contribution in [0.15, 0.2) is 46.9 Å². The van der Waals surface area contributed by atoms with Gasteiger partial charge in [-0.25, -0.2) is 4.79 Å². The Balaban J connectivity index is 2.03. The lowest BCUT2D eigenvalue weighted by molar-refractivity contribution is 0.0734. The van der Waals surface area contributed by atoms with Crippen molar-refractivity contribution in [2.24, 2.45) is 0 Å². The van der Waals surface area contributed by atoms with Crippen molar-refractivity contribution in [2.75, 3.05) is 6.61 Å². The van der Waals surface area contributed by atoms with Crippen LogP contribution in [-0.2, 0) is 0 Å². The largest absolute Gasteiger partial charge is 0.492 e. The zero-order chi connectivity index (χ0) is 18.2. The van der Waals surface area contributed by atoms with Crippen molar-refractivity contribution in [2.45, 2.75) is 33.1 Å². The Morgan fingerprint density at radius 3 is 2.28 bits per heavy atom. The average Bonchev–Trinajstić information content (AvgIpc) is 2.63. The lowest BCUT2D eigenvalue weighted by Gasteiger charge is -2.09. The molecule has 0 N–H and O–H groups in total. The van der Waals surface area contributed by atoms with E-state index in [1.807, 2.05) is 6.92 Å². The summed E-state index contributed by atoms with van der Waals surface area (Å²) in [5.41, 5.74) is 1.03. The van der Waals surface area contributed by atoms with Crippen LogP contribution in [-0.4, -0.2) is 18.4 Å². The van der Waals surface area contributed by atoms with E-state index >= 15 is 0 Å². The molecule has 2 aromatic carbocycles. The summed E-state index contributed by atoms with van der Waals surface area (Å²) in [6.45, 7) is 4.55. The highest BCUT2D eigenvalue weighted by molar-refractivity contribution is 9.10. The van der Waals surface area contributed by atoms with Crippen molar-refractivity contribution >= 4 is 27.7 Å². The summed E-state index contributed by atoms with van der Waals surface area (Å²) in [6.07, 6.45) is 2.48. The Bertz CT molecular complexity index is 738. The molecule has 0 saturated carbocycles. The molecule has 0 heterocycles. The van der Waals surface area contributed by atoms with Gasteiger partial charge in [-0.3, -0.25) is 4.79 Å². The highest BCUT2D eigenvalue weighted by atomic mass is 79.9. The Labute approximate surface area is 156 Å². The first-order valence-electron chi connectivity index (χ1n) is 8.33. The zero-order valence-electron chi connectivity index (χ0n) is 14.4. The summed E-state index contributed by atoms with van der Waals surface area (Å²) < 4.78 is 11.7. The van der Waals surface area contributed by atoms with E-state index in [2.05, 4.69) is 22.9 Å². The lowest BCUT2D eigenvalue weighted by atomic mass is 10.1. The molecule has 0 unspecified atom stereocenters. The highest BCUT2D eigenvalue weighted by Crippen LogP contribution is 2.27. The molecule has 0 amide bonds. The summed E-state index contributed by atoms with van der Waals surface area (Å²) in [7, 11) is 0. The van der Waals surface area contributed by atoms with E-state index in [1.54, 1.807) is 42.5 Å². The van der Waals surface area contributed by atoms with Crippen LogP contribution in [0, 0.1) is 0 Å². The Kier molecular flexibility index (Phi) is 7.19. The van der Waals surface area contributed by atoms with Gasteiger partial charge in [0.15, 0.2) is 5.78 Å². The zero-order valence-corrected chi connectivity index (χ0v) is 16.0. The lowest BCUT2D eigenvalue weighted by Crippen LogP contribution is -2.09. The third-order valence-corrected chi connectivity index (χ3v) is 4.25. The number of carbonyl (C=O) groups excluding carboxylic acids is 2. The van der Waals surface area contributed by atoms with Crippen LogP contribution in [0.5, 0.6) is 11.5 Å². The summed E-state index contributed by atoms with van der Waals surface area (Å²) in [6, 6.07) is 11.7. The number of carbonyl (C=O) groups is 2. The molecule has 0 atom stereocenters. The van der Waals surface area contributed by atoms with E-state index < -0.39 is 5.97 Å². The summed E-state index contributed by atoms with van der Waals surface area (Å²) in [5, 5.41) is 0. The maximum atomic E-state index is 12.3. The molecule has 25 heavy (non-hydrogen) atoms. The molecule has 0 aliphatic rings. The molecule has 2 rings (SSSR count). The third-order valence-electron chi connectivity index (χ3n) is 3.63. The molecule has 4 nitrogen and oxygen atoms in total. The standard InChI is InChI=1S/C20H21BrO4/c1-3-5-12-24-19-11-8-15(13-17(19)21)20(23)25-16-9-6-14(7-10-16)18(22)4-2/h6-11,13H,3-5,12H2,1-2H3. The van der Waals surface area contributed by atoms with Crippen molar-refractivity contribution in [3.8, 4) is 11.5 Å². The van der Waals surface area contributed by atoms with Gasteiger partial charge >= 0.3 is 5.97 Å². The highest BCUT2D eigenvalue weighted by Gasteiger charge is 2.12. The van der Waals surface area contributed by atoms with Gasteiger partial charge < -0.3 is 9.47 Å². The molecule has 0 aliphatic heterocycles. The van der Waals surface area contributed by atoms with Gasteiger partial charge in [0.1, 0.15) is 11.5 Å². The van der Waals surface area contributed by atoms with E-state index in [-0.39, 0.29) is 5.78 Å². The fourth-order valence-electron chi connectivity index (χ4n) is 2.15. The summed E-state index contributed by atoms with van der Waals surface area (Å²) in [4.78, 5) is 23.9. The van der Waals surface area contributed by atoms with E-state index in [1.165, 1.54) is 0 Å². The second-order valence-corrected chi connectivity index (χ2v) is 6.39. The minimum atomic E-state index is -0.463. The van der Waals surface area contributed by atoms with Crippen LogP contribution in [0.2, 0.25) is 0 Å². The normalized spacial score (nSPS) is 10.4. The fraction of sp³-hybridized carbons (Fsp3) is 0.300. The smallest absolute Gasteiger partial charge is 0.343 e. The van der Waals surface area contributed by atoms with Crippen LogP contribution < -0.4 is 9.47 Å². The average molecular weight is 405 g/mol. The van der Waals surface area contributed by atoms with Crippen LogP contribution in [0.25, 0.3) is 0 Å². The molecular weight excluding hydrogens is 384 g/mol. The van der Waals surface area contributed by atoms with Gasteiger partial charge in [0.2, 0.25) is 0 Å². The number of rotatable bonds is 8. The number of Topliss-reactive ketones (excluding diaryl/α,β-unsaturated/α-hetero) is 1. The number of hydrogen-bond donors (Lipinski definition) is 0. The predicted molar refractivity (Wildman–Crippen MR) is 101 cm³/mol. The summed E-state index contributed by atoms with van der Waals surface area (Å²) in [5.74, 6) is 0.695. The molecule has 0 saturated heterocycles. The number of unbranched alkanes of at least 4 members (excludes halogenated alkanes) is 1. The molecular formula is C20H21BrO4. The summed E-state index contributed by atoms with van der Waals surface area (Å²) >= 11 is 3.42. The maximum Gasteiger partial charge on any atom is 0.343 e. The van der Waals surface area contributed by atoms with E-state index in [0.717, 1.165) is 12.8 Å². The van der Waals surface area contributed by atoms with Crippen molar-refractivity contribution in [1.29, 1.82) is 0 Å². The predicted octanol–water partition coefficient (Wildman–Crippen LogP) is 5.44. The Hall–Kier alpha value is -2.14. The second-order valence-electron chi connectivity index (χ2n) is 5.54. The van der Waals surface area contributed by atoms with Gasteiger partial charge in [-0.05, 0) is 64.8 Å². The monoisotopic (exact) mass is 404 g/mol. The maximum absolute atomic E-state index is 12.3. The first-order valence-corrected chi connectivity index (χ1v) is 9.12. The van der Waals surface area contributed by atoms with Gasteiger partial charge in [0.25, 0.3) is 0 Å². The van der Waals surface area contributed by atoms with Crippen LogP contribution >= 0.6 is 15.9 Å². The number of ether oxygens (including phenoxy) is 2. The number of benzene rings is 2. The van der Waals surface area contributed by atoms with Crippen molar-refractivity contribution in [3.05, 3.63) is 58.1 Å². The first-order chi connectivity index (χ1) is 12.0. The van der Waals surface area contributed by atoms with Gasteiger partial charge in [-0.2, -0.15) is 0 Å². The van der Waals surface area contributed by atoms with Crippen molar-refractivity contribution in [1.82, 2.24) is 0 Å². The fourth-order valence-corrected chi connectivity index (χ4v) is 2.64. The number of ketones is 1. The third kappa shape index (κ3) is 5.43. The molecule has 0 fully saturated rings. The van der Waals surface area contributed by atoms with Crippen LogP contribution in [0.4, 0.5) is 0 Å². The molecule has 5 heteroatoms. The Morgan fingerprint density at radius 2 is 1.68 bits per heavy atom. The Morgan fingerprint density at radius 1 is 1.00 bits per heavy atom. The van der Waals surface area contributed by atoms with Gasteiger partial charge in [0.05, 0.1) is 16.6 Å². The van der Waals surface area contributed by atoms with Crippen molar-refractivity contribution < 1.29 is 19.1 Å². The first kappa shape index (κ1) is 19.2. The molecule has 132 valence electrons. The van der Waals surface area contributed by atoms with Crippen LogP contribution in [0.1, 0.15) is 53.8 Å². The molecule has 0 spiro atoms. The molecule has 0 radical (unpaired) electrons. The number of hydrogen-bond acceptors (Lipinski definition) is 4. The topological polar surface area (TPSA) is 52.6 Å². The molecule has 0 aromatic heterocycles. The molecule has 0 aliphatic carbocycles. The van der Waals surface area contributed by atoms with Gasteiger partial charge in [0, 0.05) is 12.0 Å². The van der Waals surface area contributed by atoms with Gasteiger partial charge in [-0.1, -0.05) is 20.3 Å². The molecule has 2 aromatic rings. The second kappa shape index (κ2) is 9.37.